The molecule has 0 amide bonds. The fourth-order valence-electron chi connectivity index (χ4n) is 3.46. The van der Waals surface area contributed by atoms with Crippen molar-refractivity contribution >= 4 is 0 Å². The molecule has 4 rings (SSSR count). The van der Waals surface area contributed by atoms with Gasteiger partial charge >= 0.3 is 0 Å². The molecule has 0 aromatic carbocycles. The Morgan fingerprint density at radius 2 is 1.05 bits per heavy atom. The second-order valence-electron chi connectivity index (χ2n) is 6.73. The smallest absolute Gasteiger partial charge is 0.162 e. The van der Waals surface area contributed by atoms with Gasteiger partial charge in [-0.25, -0.2) is 0 Å². The summed E-state index contributed by atoms with van der Waals surface area (Å²) < 4.78 is 34.5. The van der Waals surface area contributed by atoms with E-state index in [4.69, 9.17) is 28.4 Å². The van der Waals surface area contributed by atoms with Crippen LogP contribution in [0.2, 0.25) is 0 Å². The van der Waals surface area contributed by atoms with E-state index in [9.17, 15) is 0 Å². The molecule has 2 unspecified atom stereocenters. The summed E-state index contributed by atoms with van der Waals surface area (Å²) in [6, 6.07) is 0. The van der Waals surface area contributed by atoms with E-state index in [1.165, 1.54) is 0 Å². The highest BCUT2D eigenvalue weighted by Crippen LogP contribution is 2.35. The van der Waals surface area contributed by atoms with Crippen LogP contribution in [0, 0.1) is 17.3 Å². The maximum atomic E-state index is 5.93. The third-order valence-electron chi connectivity index (χ3n) is 4.91. The Hall–Kier alpha value is -0.240. The number of ether oxygens (including phenoxy) is 6. The molecule has 0 radical (unpaired) electrons. The summed E-state index contributed by atoms with van der Waals surface area (Å²) in [7, 11) is 0. The normalized spacial score (nSPS) is 48.0. The average Bonchev–Trinajstić information content (AvgIpc) is 3.23. The monoisotopic (exact) mass is 300 g/mol. The number of hydrogen-bond acceptors (Lipinski definition) is 6. The first-order chi connectivity index (χ1) is 10.3. The Morgan fingerprint density at radius 1 is 0.619 bits per heavy atom. The topological polar surface area (TPSA) is 55.4 Å². The Kier molecular flexibility index (Phi) is 4.17. The lowest BCUT2D eigenvalue weighted by Gasteiger charge is -2.45. The van der Waals surface area contributed by atoms with Crippen LogP contribution in [-0.4, -0.2) is 65.4 Å². The molecule has 6 heteroatoms. The third kappa shape index (κ3) is 2.98. The maximum absolute atomic E-state index is 5.93. The van der Waals surface area contributed by atoms with Crippen molar-refractivity contribution in [1.29, 1.82) is 0 Å². The molecule has 21 heavy (non-hydrogen) atoms. The fourth-order valence-corrected chi connectivity index (χ4v) is 3.46. The largest absolute Gasteiger partial charge is 0.381 e. The molecule has 0 aliphatic carbocycles. The molecule has 4 saturated heterocycles. The summed E-state index contributed by atoms with van der Waals surface area (Å²) in [5, 5.41) is 0. The molecule has 4 aliphatic rings. The van der Waals surface area contributed by atoms with Crippen molar-refractivity contribution in [2.24, 2.45) is 17.3 Å². The first-order valence-corrected chi connectivity index (χ1v) is 7.97. The predicted molar refractivity (Wildman–Crippen MR) is 71.7 cm³/mol. The van der Waals surface area contributed by atoms with E-state index in [2.05, 4.69) is 0 Å². The molecule has 0 aromatic heterocycles. The van der Waals surface area contributed by atoms with Gasteiger partial charge in [0.1, 0.15) is 0 Å². The number of hydrogen-bond donors (Lipinski definition) is 0. The van der Waals surface area contributed by atoms with Crippen LogP contribution >= 0.6 is 0 Å². The molecule has 0 bridgehead atoms. The van der Waals surface area contributed by atoms with Crippen LogP contribution in [0.5, 0.6) is 0 Å². The molecule has 0 N–H and O–H groups in total. The molecule has 6 nitrogen and oxygen atoms in total. The summed E-state index contributed by atoms with van der Waals surface area (Å²) in [5.74, 6) is 0.743. The molecule has 1 spiro atoms. The first kappa shape index (κ1) is 14.4. The lowest BCUT2D eigenvalue weighted by atomic mass is 9.89. The van der Waals surface area contributed by atoms with Gasteiger partial charge in [-0.2, -0.15) is 0 Å². The van der Waals surface area contributed by atoms with Crippen LogP contribution in [0.1, 0.15) is 12.8 Å². The van der Waals surface area contributed by atoms with E-state index in [1.54, 1.807) is 0 Å². The van der Waals surface area contributed by atoms with E-state index in [0.29, 0.717) is 38.3 Å². The van der Waals surface area contributed by atoms with Gasteiger partial charge in [0.05, 0.1) is 45.1 Å². The van der Waals surface area contributed by atoms with Crippen molar-refractivity contribution in [3.63, 3.8) is 0 Å². The summed E-state index contributed by atoms with van der Waals surface area (Å²) in [6.07, 6.45) is 1.79. The zero-order valence-electron chi connectivity index (χ0n) is 12.3. The Balaban J connectivity index is 1.27. The highest BCUT2D eigenvalue weighted by molar-refractivity contribution is 4.87. The van der Waals surface area contributed by atoms with Gasteiger partial charge in [-0.05, 0) is 12.8 Å². The van der Waals surface area contributed by atoms with Crippen LogP contribution in [-0.2, 0) is 28.4 Å². The van der Waals surface area contributed by atoms with E-state index in [1.807, 2.05) is 0 Å². The molecule has 4 aliphatic heterocycles. The van der Waals surface area contributed by atoms with Crippen LogP contribution in [0.3, 0.4) is 0 Å². The molecule has 4 heterocycles. The van der Waals surface area contributed by atoms with Crippen LogP contribution in [0.15, 0.2) is 0 Å². The highest BCUT2D eigenvalue weighted by atomic mass is 16.7. The van der Waals surface area contributed by atoms with Gasteiger partial charge in [-0.1, -0.05) is 0 Å². The SMILES string of the molecule is C1CC(C2OCC3(CO2)COC(C2CCOC2)OC3)CO1. The van der Waals surface area contributed by atoms with Crippen LogP contribution < -0.4 is 0 Å². The first-order valence-electron chi connectivity index (χ1n) is 7.97. The Bertz CT molecular complexity index is 297. The lowest BCUT2D eigenvalue weighted by molar-refractivity contribution is -0.318. The number of rotatable bonds is 2. The van der Waals surface area contributed by atoms with Crippen LogP contribution in [0.4, 0.5) is 0 Å². The second-order valence-corrected chi connectivity index (χ2v) is 6.73. The molecule has 4 fully saturated rings. The van der Waals surface area contributed by atoms with Gasteiger partial charge in [0.25, 0.3) is 0 Å². The average molecular weight is 300 g/mol. The molecular formula is C15H24O6. The zero-order valence-corrected chi connectivity index (χ0v) is 12.3. The van der Waals surface area contributed by atoms with Crippen molar-refractivity contribution in [3.05, 3.63) is 0 Å². The van der Waals surface area contributed by atoms with Gasteiger partial charge in [0.2, 0.25) is 0 Å². The molecule has 0 aromatic rings. The van der Waals surface area contributed by atoms with Gasteiger partial charge < -0.3 is 28.4 Å². The van der Waals surface area contributed by atoms with E-state index in [-0.39, 0.29) is 18.0 Å². The minimum Gasteiger partial charge on any atom is -0.381 e. The van der Waals surface area contributed by atoms with Crippen molar-refractivity contribution < 1.29 is 28.4 Å². The zero-order chi connectivity index (χ0) is 14.1. The molecular weight excluding hydrogens is 276 g/mol. The second kappa shape index (κ2) is 6.10. The summed E-state index contributed by atoms with van der Waals surface area (Å²) in [4.78, 5) is 0. The van der Waals surface area contributed by atoms with Crippen molar-refractivity contribution in [2.75, 3.05) is 52.9 Å². The third-order valence-corrected chi connectivity index (χ3v) is 4.91. The Morgan fingerprint density at radius 3 is 1.38 bits per heavy atom. The van der Waals surface area contributed by atoms with Crippen molar-refractivity contribution in [2.45, 2.75) is 25.4 Å². The van der Waals surface area contributed by atoms with Crippen LogP contribution in [0.25, 0.3) is 0 Å². The summed E-state index contributed by atoms with van der Waals surface area (Å²) in [5.41, 5.74) is -0.147. The minimum atomic E-state index is -0.147. The fraction of sp³-hybridized carbons (Fsp3) is 1.00. The lowest BCUT2D eigenvalue weighted by Crippen LogP contribution is -2.54. The maximum Gasteiger partial charge on any atom is 0.162 e. The highest BCUT2D eigenvalue weighted by Gasteiger charge is 2.45. The van der Waals surface area contributed by atoms with E-state index < -0.39 is 0 Å². The summed E-state index contributed by atoms with van der Waals surface area (Å²) >= 11 is 0. The van der Waals surface area contributed by atoms with Crippen molar-refractivity contribution in [3.8, 4) is 0 Å². The molecule has 0 saturated carbocycles. The molecule has 2 atom stereocenters. The van der Waals surface area contributed by atoms with E-state index >= 15 is 0 Å². The van der Waals surface area contributed by atoms with Gasteiger partial charge in [0, 0.05) is 25.0 Å². The predicted octanol–water partition coefficient (Wildman–Crippen LogP) is 0.792. The molecule has 120 valence electrons. The standard InChI is InChI=1S/C15H24O6/c1-3-16-5-11(1)13-18-7-15(8-19-13)9-20-14(21-10-15)12-2-4-17-6-12/h11-14H,1-10H2. The quantitative estimate of drug-likeness (QED) is 0.751. The van der Waals surface area contributed by atoms with Gasteiger partial charge in [-0.3, -0.25) is 0 Å². The minimum absolute atomic E-state index is 0.126. The van der Waals surface area contributed by atoms with E-state index in [0.717, 1.165) is 39.3 Å². The van der Waals surface area contributed by atoms with Gasteiger partial charge in [0.15, 0.2) is 12.6 Å². The van der Waals surface area contributed by atoms with Gasteiger partial charge in [-0.15, -0.1) is 0 Å². The Labute approximate surface area is 125 Å². The van der Waals surface area contributed by atoms with Crippen molar-refractivity contribution in [1.82, 2.24) is 0 Å². The summed E-state index contributed by atoms with van der Waals surface area (Å²) in [6.45, 7) is 5.68.